The van der Waals surface area contributed by atoms with Gasteiger partial charge in [-0.3, -0.25) is 4.79 Å². The van der Waals surface area contributed by atoms with Crippen LogP contribution >= 0.6 is 0 Å². The number of hydrogen-bond donors (Lipinski definition) is 3. The van der Waals surface area contributed by atoms with Gasteiger partial charge in [-0.05, 0) is 47.5 Å². The van der Waals surface area contributed by atoms with Crippen molar-refractivity contribution in [2.45, 2.75) is 0 Å². The maximum Gasteiger partial charge on any atom is 0.318 e. The van der Waals surface area contributed by atoms with Gasteiger partial charge >= 0.3 is 6.03 Å². The molecule has 0 atom stereocenters. The summed E-state index contributed by atoms with van der Waals surface area (Å²) in [4.78, 5) is 23.6. The van der Waals surface area contributed by atoms with Crippen molar-refractivity contribution in [3.05, 3.63) is 84.4 Å². The third-order valence-corrected chi connectivity index (χ3v) is 3.88. The molecule has 26 heavy (non-hydrogen) atoms. The third-order valence-electron chi connectivity index (χ3n) is 3.88. The molecule has 0 bridgehead atoms. The minimum atomic E-state index is -0.291. The summed E-state index contributed by atoms with van der Waals surface area (Å²) < 4.78 is 0. The van der Waals surface area contributed by atoms with Crippen LogP contribution in [0.4, 0.5) is 16.2 Å². The number of carbonyl (C=O) groups is 2. The fraction of sp³-hybridized carbons (Fsp3) is 0.0476. The molecule has 3 N–H and O–H groups in total. The first-order chi connectivity index (χ1) is 12.7. The molecule has 0 saturated carbocycles. The van der Waals surface area contributed by atoms with Crippen molar-refractivity contribution in [3.8, 4) is 11.1 Å². The summed E-state index contributed by atoms with van der Waals surface area (Å²) in [5, 5.41) is 7.99. The van der Waals surface area contributed by atoms with Crippen molar-refractivity contribution in [3.63, 3.8) is 0 Å². The van der Waals surface area contributed by atoms with Crippen LogP contribution < -0.4 is 16.0 Å². The Balaban J connectivity index is 1.65. The van der Waals surface area contributed by atoms with Gasteiger partial charge in [0.15, 0.2) is 0 Å². The highest BCUT2D eigenvalue weighted by Gasteiger charge is 2.07. The summed E-state index contributed by atoms with van der Waals surface area (Å²) in [5.41, 5.74) is 4.06. The molecule has 0 unspecified atom stereocenters. The van der Waals surface area contributed by atoms with E-state index in [0.717, 1.165) is 11.1 Å². The lowest BCUT2D eigenvalue weighted by Crippen LogP contribution is -2.24. The van der Waals surface area contributed by atoms with Gasteiger partial charge in [0.2, 0.25) is 0 Å². The van der Waals surface area contributed by atoms with E-state index < -0.39 is 0 Å². The largest absolute Gasteiger partial charge is 0.341 e. The van der Waals surface area contributed by atoms with Crippen LogP contribution in [0.3, 0.4) is 0 Å². The first kappa shape index (κ1) is 17.2. The van der Waals surface area contributed by atoms with Gasteiger partial charge in [0.25, 0.3) is 5.91 Å². The zero-order chi connectivity index (χ0) is 18.4. The van der Waals surface area contributed by atoms with E-state index in [2.05, 4.69) is 16.0 Å². The Morgan fingerprint density at radius 2 is 1.19 bits per heavy atom. The fourth-order valence-electron chi connectivity index (χ4n) is 2.48. The molecular formula is C21H19N3O2. The number of rotatable bonds is 4. The zero-order valence-corrected chi connectivity index (χ0v) is 14.3. The summed E-state index contributed by atoms with van der Waals surface area (Å²) in [7, 11) is 1.55. The van der Waals surface area contributed by atoms with Crippen LogP contribution in [0.15, 0.2) is 78.9 Å². The predicted octanol–water partition coefficient (Wildman–Crippen LogP) is 4.36. The first-order valence-corrected chi connectivity index (χ1v) is 8.21. The molecule has 3 aromatic rings. The van der Waals surface area contributed by atoms with Gasteiger partial charge in [-0.25, -0.2) is 4.79 Å². The molecule has 0 fully saturated rings. The summed E-state index contributed by atoms with van der Waals surface area (Å²) >= 11 is 0. The SMILES string of the molecule is CNC(=O)Nc1ccc(NC(=O)c2ccc(-c3ccccc3)cc2)cc1. The predicted molar refractivity (Wildman–Crippen MR) is 104 cm³/mol. The Morgan fingerprint density at radius 3 is 1.77 bits per heavy atom. The van der Waals surface area contributed by atoms with Crippen LogP contribution in [0, 0.1) is 0 Å². The molecule has 5 heteroatoms. The van der Waals surface area contributed by atoms with E-state index in [1.54, 1.807) is 43.4 Å². The quantitative estimate of drug-likeness (QED) is 0.657. The summed E-state index contributed by atoms with van der Waals surface area (Å²) in [5.74, 6) is -0.184. The van der Waals surface area contributed by atoms with Crippen LogP contribution in [-0.4, -0.2) is 19.0 Å². The first-order valence-electron chi connectivity index (χ1n) is 8.21. The number of benzene rings is 3. The second-order valence-electron chi connectivity index (χ2n) is 5.68. The lowest BCUT2D eigenvalue weighted by Gasteiger charge is -2.08. The number of nitrogens with one attached hydrogen (secondary N) is 3. The average Bonchev–Trinajstić information content (AvgIpc) is 2.70. The fourth-order valence-corrected chi connectivity index (χ4v) is 2.48. The number of anilines is 2. The van der Waals surface area contributed by atoms with Crippen molar-refractivity contribution in [2.24, 2.45) is 0 Å². The molecule has 0 aliphatic carbocycles. The van der Waals surface area contributed by atoms with E-state index in [9.17, 15) is 9.59 Å². The highest BCUT2D eigenvalue weighted by Crippen LogP contribution is 2.20. The molecule has 0 aromatic heterocycles. The number of carbonyl (C=O) groups excluding carboxylic acids is 2. The van der Waals surface area contributed by atoms with E-state index >= 15 is 0 Å². The van der Waals surface area contributed by atoms with E-state index in [1.807, 2.05) is 42.5 Å². The number of amides is 3. The van der Waals surface area contributed by atoms with E-state index in [4.69, 9.17) is 0 Å². The second kappa shape index (κ2) is 7.98. The van der Waals surface area contributed by atoms with Crippen LogP contribution in [0.1, 0.15) is 10.4 Å². The number of hydrogen-bond acceptors (Lipinski definition) is 2. The standard InChI is InChI=1S/C21H19N3O2/c1-22-21(26)24-19-13-11-18(12-14-19)23-20(25)17-9-7-16(8-10-17)15-5-3-2-4-6-15/h2-14H,1H3,(H,23,25)(H2,22,24,26). The molecule has 3 rings (SSSR count). The molecule has 0 heterocycles. The molecular weight excluding hydrogens is 326 g/mol. The van der Waals surface area contributed by atoms with Crippen LogP contribution in [0.2, 0.25) is 0 Å². The van der Waals surface area contributed by atoms with Crippen molar-refractivity contribution in [2.75, 3.05) is 17.7 Å². The maximum absolute atomic E-state index is 12.4. The van der Waals surface area contributed by atoms with Gasteiger partial charge in [0.05, 0.1) is 0 Å². The normalized spacial score (nSPS) is 10.0. The van der Waals surface area contributed by atoms with Crippen molar-refractivity contribution in [1.29, 1.82) is 0 Å². The Morgan fingerprint density at radius 1 is 0.654 bits per heavy atom. The highest BCUT2D eigenvalue weighted by molar-refractivity contribution is 6.04. The average molecular weight is 345 g/mol. The van der Waals surface area contributed by atoms with Gasteiger partial charge in [-0.2, -0.15) is 0 Å². The molecule has 0 aliphatic rings. The Bertz CT molecular complexity index is 889. The third kappa shape index (κ3) is 4.27. The topological polar surface area (TPSA) is 70.2 Å². The van der Waals surface area contributed by atoms with Crippen molar-refractivity contribution >= 4 is 23.3 Å². The molecule has 0 spiro atoms. The lowest BCUT2D eigenvalue weighted by molar-refractivity contribution is 0.102. The monoisotopic (exact) mass is 345 g/mol. The highest BCUT2D eigenvalue weighted by atomic mass is 16.2. The van der Waals surface area contributed by atoms with Crippen LogP contribution in [0.5, 0.6) is 0 Å². The molecule has 3 amide bonds. The molecule has 3 aromatic carbocycles. The Hall–Kier alpha value is -3.60. The smallest absolute Gasteiger partial charge is 0.318 e. The summed E-state index contributed by atoms with van der Waals surface area (Å²) in [6.07, 6.45) is 0. The van der Waals surface area contributed by atoms with E-state index in [1.165, 1.54) is 0 Å². The van der Waals surface area contributed by atoms with E-state index in [0.29, 0.717) is 16.9 Å². The molecule has 0 radical (unpaired) electrons. The van der Waals surface area contributed by atoms with Gasteiger partial charge in [0, 0.05) is 24.0 Å². The molecule has 0 aliphatic heterocycles. The van der Waals surface area contributed by atoms with Crippen LogP contribution in [-0.2, 0) is 0 Å². The molecule has 5 nitrogen and oxygen atoms in total. The Labute approximate surface area is 152 Å². The zero-order valence-electron chi connectivity index (χ0n) is 14.3. The van der Waals surface area contributed by atoms with Gasteiger partial charge < -0.3 is 16.0 Å². The molecule has 0 saturated heterocycles. The van der Waals surface area contributed by atoms with Gasteiger partial charge in [-0.15, -0.1) is 0 Å². The maximum atomic E-state index is 12.4. The van der Waals surface area contributed by atoms with Gasteiger partial charge in [0.1, 0.15) is 0 Å². The van der Waals surface area contributed by atoms with Crippen LogP contribution in [0.25, 0.3) is 11.1 Å². The number of urea groups is 1. The summed E-state index contributed by atoms with van der Waals surface area (Å²) in [6, 6.07) is 24.1. The Kier molecular flexibility index (Phi) is 5.29. The molecule has 130 valence electrons. The second-order valence-corrected chi connectivity index (χ2v) is 5.68. The summed E-state index contributed by atoms with van der Waals surface area (Å²) in [6.45, 7) is 0. The van der Waals surface area contributed by atoms with Crippen molar-refractivity contribution < 1.29 is 9.59 Å². The minimum Gasteiger partial charge on any atom is -0.341 e. The minimum absolute atomic E-state index is 0.184. The van der Waals surface area contributed by atoms with E-state index in [-0.39, 0.29) is 11.9 Å². The van der Waals surface area contributed by atoms with Gasteiger partial charge in [-0.1, -0.05) is 42.5 Å². The lowest BCUT2D eigenvalue weighted by atomic mass is 10.0. The van der Waals surface area contributed by atoms with Crippen molar-refractivity contribution in [1.82, 2.24) is 5.32 Å².